The molecule has 0 aromatic heterocycles. The molecule has 2 nitrogen and oxygen atoms in total. The second-order valence-electron chi connectivity index (χ2n) is 5.76. The Labute approximate surface area is 108 Å². The SMILES string of the molecule is CC(C)N(CC1CCC(CN)CC1)CC(F)(F)F. The lowest BCUT2D eigenvalue weighted by Crippen LogP contribution is -2.42. The summed E-state index contributed by atoms with van der Waals surface area (Å²) < 4.78 is 37.4. The predicted octanol–water partition coefficient (Wildman–Crippen LogP) is 3.02. The minimum absolute atomic E-state index is 0.0566. The first-order valence-electron chi connectivity index (χ1n) is 6.82. The number of hydrogen-bond donors (Lipinski definition) is 1. The number of nitrogens with two attached hydrogens (primary N) is 1. The molecule has 0 spiro atoms. The molecule has 1 rings (SSSR count). The highest BCUT2D eigenvalue weighted by Gasteiger charge is 2.33. The number of halogens is 3. The van der Waals surface area contributed by atoms with Gasteiger partial charge in [-0.3, -0.25) is 4.90 Å². The molecule has 0 aliphatic heterocycles. The van der Waals surface area contributed by atoms with E-state index in [0.29, 0.717) is 24.9 Å². The normalized spacial score (nSPS) is 26.0. The van der Waals surface area contributed by atoms with Crippen LogP contribution in [0.3, 0.4) is 0 Å². The Hall–Kier alpha value is -0.290. The Morgan fingerprint density at radius 3 is 2.00 bits per heavy atom. The van der Waals surface area contributed by atoms with Crippen molar-refractivity contribution in [2.75, 3.05) is 19.6 Å². The van der Waals surface area contributed by atoms with Crippen molar-refractivity contribution in [2.45, 2.75) is 51.7 Å². The van der Waals surface area contributed by atoms with Gasteiger partial charge in [0.2, 0.25) is 0 Å². The van der Waals surface area contributed by atoms with Crippen LogP contribution >= 0.6 is 0 Å². The maximum atomic E-state index is 12.5. The minimum Gasteiger partial charge on any atom is -0.330 e. The van der Waals surface area contributed by atoms with Gasteiger partial charge in [0.15, 0.2) is 0 Å². The standard InChI is InChI=1S/C13H25F3N2/c1-10(2)18(9-13(14,15)16)8-12-5-3-11(7-17)4-6-12/h10-12H,3-9,17H2,1-2H3. The van der Waals surface area contributed by atoms with Crippen molar-refractivity contribution in [3.05, 3.63) is 0 Å². The van der Waals surface area contributed by atoms with Crippen molar-refractivity contribution in [1.82, 2.24) is 4.90 Å². The zero-order valence-electron chi connectivity index (χ0n) is 11.3. The molecule has 1 aliphatic carbocycles. The Morgan fingerprint density at radius 1 is 1.11 bits per heavy atom. The molecule has 1 saturated carbocycles. The summed E-state index contributed by atoms with van der Waals surface area (Å²) in [6, 6.07) is -0.0566. The summed E-state index contributed by atoms with van der Waals surface area (Å²) in [5.41, 5.74) is 5.62. The molecule has 0 heterocycles. The average molecular weight is 266 g/mol. The van der Waals surface area contributed by atoms with Crippen LogP contribution in [0.25, 0.3) is 0 Å². The van der Waals surface area contributed by atoms with Gasteiger partial charge < -0.3 is 5.73 Å². The molecule has 108 valence electrons. The molecular formula is C13H25F3N2. The van der Waals surface area contributed by atoms with Gasteiger partial charge in [0.05, 0.1) is 6.54 Å². The predicted molar refractivity (Wildman–Crippen MR) is 67.3 cm³/mol. The van der Waals surface area contributed by atoms with E-state index < -0.39 is 12.7 Å². The molecule has 1 fully saturated rings. The third-order valence-corrected chi connectivity index (χ3v) is 3.91. The average Bonchev–Trinajstić information content (AvgIpc) is 2.27. The molecule has 0 saturated heterocycles. The molecule has 0 bridgehead atoms. The van der Waals surface area contributed by atoms with Gasteiger partial charge >= 0.3 is 6.18 Å². The first kappa shape index (κ1) is 15.8. The molecule has 0 radical (unpaired) electrons. The van der Waals surface area contributed by atoms with Crippen LogP contribution in [0.4, 0.5) is 13.2 Å². The Kier molecular flexibility index (Phi) is 5.92. The van der Waals surface area contributed by atoms with Gasteiger partial charge in [0.25, 0.3) is 0 Å². The monoisotopic (exact) mass is 266 g/mol. The molecule has 0 unspecified atom stereocenters. The molecule has 0 aromatic carbocycles. The minimum atomic E-state index is -4.10. The molecule has 18 heavy (non-hydrogen) atoms. The molecule has 0 amide bonds. The summed E-state index contributed by atoms with van der Waals surface area (Å²) in [7, 11) is 0. The van der Waals surface area contributed by atoms with Crippen molar-refractivity contribution in [2.24, 2.45) is 17.6 Å². The molecule has 5 heteroatoms. The van der Waals surface area contributed by atoms with Crippen LogP contribution in [0.5, 0.6) is 0 Å². The quantitative estimate of drug-likeness (QED) is 0.828. The number of alkyl halides is 3. The Bertz CT molecular complexity index is 233. The van der Waals surface area contributed by atoms with E-state index in [1.807, 2.05) is 13.8 Å². The Balaban J connectivity index is 2.42. The van der Waals surface area contributed by atoms with E-state index in [1.54, 1.807) is 4.90 Å². The van der Waals surface area contributed by atoms with Gasteiger partial charge in [0, 0.05) is 12.6 Å². The lowest BCUT2D eigenvalue weighted by molar-refractivity contribution is -0.151. The topological polar surface area (TPSA) is 29.3 Å². The van der Waals surface area contributed by atoms with Crippen LogP contribution in [0.2, 0.25) is 0 Å². The van der Waals surface area contributed by atoms with Gasteiger partial charge in [0.1, 0.15) is 0 Å². The van der Waals surface area contributed by atoms with Gasteiger partial charge in [-0.25, -0.2) is 0 Å². The van der Waals surface area contributed by atoms with Crippen molar-refractivity contribution < 1.29 is 13.2 Å². The maximum absolute atomic E-state index is 12.5. The molecular weight excluding hydrogens is 241 g/mol. The van der Waals surface area contributed by atoms with Gasteiger partial charge in [-0.15, -0.1) is 0 Å². The number of rotatable bonds is 5. The maximum Gasteiger partial charge on any atom is 0.401 e. The third kappa shape index (κ3) is 5.57. The summed E-state index contributed by atoms with van der Waals surface area (Å²) >= 11 is 0. The van der Waals surface area contributed by atoms with E-state index in [4.69, 9.17) is 5.73 Å². The van der Waals surface area contributed by atoms with E-state index in [2.05, 4.69) is 0 Å². The highest BCUT2D eigenvalue weighted by molar-refractivity contribution is 4.78. The van der Waals surface area contributed by atoms with Crippen LogP contribution in [0.1, 0.15) is 39.5 Å². The first-order valence-corrected chi connectivity index (χ1v) is 6.82. The van der Waals surface area contributed by atoms with Crippen LogP contribution in [-0.4, -0.2) is 36.8 Å². The van der Waals surface area contributed by atoms with Gasteiger partial charge in [-0.05, 0) is 57.9 Å². The van der Waals surface area contributed by atoms with Crippen LogP contribution in [0.15, 0.2) is 0 Å². The van der Waals surface area contributed by atoms with Gasteiger partial charge in [-0.1, -0.05) is 0 Å². The van der Waals surface area contributed by atoms with Crippen molar-refractivity contribution in [3.63, 3.8) is 0 Å². The lowest BCUT2D eigenvalue weighted by Gasteiger charge is -2.34. The highest BCUT2D eigenvalue weighted by Crippen LogP contribution is 2.30. The van der Waals surface area contributed by atoms with E-state index in [9.17, 15) is 13.2 Å². The largest absolute Gasteiger partial charge is 0.401 e. The van der Waals surface area contributed by atoms with Gasteiger partial charge in [-0.2, -0.15) is 13.2 Å². The molecule has 0 atom stereocenters. The molecule has 1 aliphatic rings. The zero-order valence-corrected chi connectivity index (χ0v) is 11.3. The first-order chi connectivity index (χ1) is 8.31. The van der Waals surface area contributed by atoms with E-state index >= 15 is 0 Å². The smallest absolute Gasteiger partial charge is 0.330 e. The van der Waals surface area contributed by atoms with E-state index in [-0.39, 0.29) is 6.04 Å². The van der Waals surface area contributed by atoms with Crippen molar-refractivity contribution in [3.8, 4) is 0 Å². The summed E-state index contributed by atoms with van der Waals surface area (Å²) in [4.78, 5) is 1.55. The second kappa shape index (κ2) is 6.75. The zero-order chi connectivity index (χ0) is 13.8. The second-order valence-corrected chi connectivity index (χ2v) is 5.76. The fourth-order valence-corrected chi connectivity index (χ4v) is 2.67. The summed E-state index contributed by atoms with van der Waals surface area (Å²) in [6.45, 7) is 4.15. The van der Waals surface area contributed by atoms with Crippen LogP contribution in [-0.2, 0) is 0 Å². The van der Waals surface area contributed by atoms with Crippen LogP contribution < -0.4 is 5.73 Å². The fourth-order valence-electron chi connectivity index (χ4n) is 2.67. The third-order valence-electron chi connectivity index (χ3n) is 3.91. The Morgan fingerprint density at radius 2 is 1.61 bits per heavy atom. The summed E-state index contributed by atoms with van der Waals surface area (Å²) in [5.74, 6) is 0.980. The fraction of sp³-hybridized carbons (Fsp3) is 1.00. The van der Waals surface area contributed by atoms with Crippen molar-refractivity contribution >= 4 is 0 Å². The lowest BCUT2D eigenvalue weighted by atomic mass is 9.81. The molecule has 2 N–H and O–H groups in total. The van der Waals surface area contributed by atoms with Crippen molar-refractivity contribution in [1.29, 1.82) is 0 Å². The number of nitrogens with zero attached hydrogens (tertiary/aromatic N) is 1. The van der Waals surface area contributed by atoms with E-state index in [1.165, 1.54) is 0 Å². The van der Waals surface area contributed by atoms with E-state index in [0.717, 1.165) is 25.7 Å². The van der Waals surface area contributed by atoms with Crippen LogP contribution in [0, 0.1) is 11.8 Å². The summed E-state index contributed by atoms with van der Waals surface area (Å²) in [6.07, 6.45) is 0.0723. The summed E-state index contributed by atoms with van der Waals surface area (Å²) in [5, 5.41) is 0. The highest BCUT2D eigenvalue weighted by atomic mass is 19.4. The number of hydrogen-bond acceptors (Lipinski definition) is 2. The molecule has 0 aromatic rings.